The SMILES string of the molecule is CCOC(=O)c1c(CNc2ccc(O)cc2)[nH]c(C(=O)OC(C)(C)C)c1CC. The van der Waals surface area contributed by atoms with Gasteiger partial charge < -0.3 is 24.9 Å². The molecule has 1 aromatic heterocycles. The number of H-pyrrole nitrogens is 1. The van der Waals surface area contributed by atoms with E-state index >= 15 is 0 Å². The first-order valence-corrected chi connectivity index (χ1v) is 9.33. The highest BCUT2D eigenvalue weighted by Gasteiger charge is 2.29. The van der Waals surface area contributed by atoms with Crippen LogP contribution in [0.4, 0.5) is 5.69 Å². The lowest BCUT2D eigenvalue weighted by atomic mass is 10.1. The van der Waals surface area contributed by atoms with Crippen molar-refractivity contribution < 1.29 is 24.2 Å². The van der Waals surface area contributed by atoms with Crippen LogP contribution in [0.3, 0.4) is 0 Å². The highest BCUT2D eigenvalue weighted by atomic mass is 16.6. The van der Waals surface area contributed by atoms with Crippen molar-refractivity contribution in [1.29, 1.82) is 0 Å². The van der Waals surface area contributed by atoms with Gasteiger partial charge in [0.1, 0.15) is 17.0 Å². The normalized spacial score (nSPS) is 11.2. The van der Waals surface area contributed by atoms with Gasteiger partial charge in [0, 0.05) is 11.4 Å². The summed E-state index contributed by atoms with van der Waals surface area (Å²) in [5.41, 5.74) is 1.86. The van der Waals surface area contributed by atoms with Crippen molar-refractivity contribution in [3.05, 3.63) is 46.8 Å². The van der Waals surface area contributed by atoms with Gasteiger partial charge >= 0.3 is 11.9 Å². The number of carbonyl (C=O) groups excluding carboxylic acids is 2. The van der Waals surface area contributed by atoms with E-state index in [2.05, 4.69) is 10.3 Å². The number of esters is 2. The summed E-state index contributed by atoms with van der Waals surface area (Å²) in [6.07, 6.45) is 0.471. The van der Waals surface area contributed by atoms with E-state index in [9.17, 15) is 14.7 Å². The van der Waals surface area contributed by atoms with Crippen LogP contribution in [-0.2, 0) is 22.4 Å². The number of aromatic nitrogens is 1. The number of hydrogen-bond acceptors (Lipinski definition) is 6. The molecule has 0 aliphatic rings. The van der Waals surface area contributed by atoms with Crippen molar-refractivity contribution in [2.45, 2.75) is 53.2 Å². The molecule has 2 rings (SSSR count). The van der Waals surface area contributed by atoms with E-state index in [0.717, 1.165) is 5.69 Å². The van der Waals surface area contributed by atoms with Gasteiger partial charge in [-0.1, -0.05) is 6.92 Å². The molecule has 0 unspecified atom stereocenters. The van der Waals surface area contributed by atoms with Crippen LogP contribution < -0.4 is 5.32 Å². The van der Waals surface area contributed by atoms with Crippen molar-refractivity contribution in [2.24, 2.45) is 0 Å². The maximum absolute atomic E-state index is 12.6. The van der Waals surface area contributed by atoms with Gasteiger partial charge in [0.2, 0.25) is 0 Å². The summed E-state index contributed by atoms with van der Waals surface area (Å²) in [5.74, 6) is -0.822. The number of aromatic amines is 1. The van der Waals surface area contributed by atoms with Crippen LogP contribution in [-0.4, -0.2) is 34.2 Å². The van der Waals surface area contributed by atoms with E-state index in [4.69, 9.17) is 9.47 Å². The van der Waals surface area contributed by atoms with Crippen molar-refractivity contribution in [3.63, 3.8) is 0 Å². The second-order valence-corrected chi connectivity index (χ2v) is 7.31. The lowest BCUT2D eigenvalue weighted by Crippen LogP contribution is -2.24. The Morgan fingerprint density at radius 3 is 2.29 bits per heavy atom. The number of ether oxygens (including phenoxy) is 2. The number of hydrogen-bond donors (Lipinski definition) is 3. The largest absolute Gasteiger partial charge is 0.508 e. The summed E-state index contributed by atoms with van der Waals surface area (Å²) >= 11 is 0. The van der Waals surface area contributed by atoms with E-state index in [1.807, 2.05) is 6.92 Å². The molecule has 0 aliphatic heterocycles. The second-order valence-electron chi connectivity index (χ2n) is 7.31. The number of phenols is 1. The molecule has 0 saturated heterocycles. The Kier molecular flexibility index (Phi) is 6.72. The first-order valence-electron chi connectivity index (χ1n) is 9.33. The minimum atomic E-state index is -0.651. The maximum Gasteiger partial charge on any atom is 0.355 e. The number of phenolic OH excluding ortho intramolecular Hbond substituents is 1. The van der Waals surface area contributed by atoms with E-state index in [0.29, 0.717) is 23.2 Å². The molecule has 0 atom stereocenters. The number of carbonyl (C=O) groups is 2. The molecule has 0 saturated carbocycles. The summed E-state index contributed by atoms with van der Waals surface area (Å²) in [5, 5.41) is 12.6. The molecule has 3 N–H and O–H groups in total. The fraction of sp³-hybridized carbons (Fsp3) is 0.429. The molecule has 7 heteroatoms. The van der Waals surface area contributed by atoms with Gasteiger partial charge in [0.25, 0.3) is 0 Å². The van der Waals surface area contributed by atoms with Crippen LogP contribution in [0.2, 0.25) is 0 Å². The predicted molar refractivity (Wildman–Crippen MR) is 107 cm³/mol. The van der Waals surface area contributed by atoms with Crippen LogP contribution in [0, 0.1) is 0 Å². The average molecular weight is 388 g/mol. The summed E-state index contributed by atoms with van der Waals surface area (Å²) in [6.45, 7) is 9.49. The van der Waals surface area contributed by atoms with Crippen LogP contribution in [0.15, 0.2) is 24.3 Å². The lowest BCUT2D eigenvalue weighted by molar-refractivity contribution is 0.00622. The third kappa shape index (κ3) is 5.28. The molecule has 1 aromatic carbocycles. The van der Waals surface area contributed by atoms with Gasteiger partial charge in [-0.25, -0.2) is 9.59 Å². The Balaban J connectivity index is 2.39. The molecular formula is C21H28N2O5. The van der Waals surface area contributed by atoms with Gasteiger partial charge in [0.15, 0.2) is 0 Å². The summed E-state index contributed by atoms with van der Waals surface area (Å²) < 4.78 is 10.7. The van der Waals surface area contributed by atoms with E-state index in [1.165, 1.54) is 0 Å². The number of aromatic hydroxyl groups is 1. The Morgan fingerprint density at radius 1 is 1.11 bits per heavy atom. The molecule has 1 heterocycles. The zero-order valence-electron chi connectivity index (χ0n) is 17.0. The summed E-state index contributed by atoms with van der Waals surface area (Å²) in [6, 6.07) is 6.56. The topological polar surface area (TPSA) is 101 Å². The van der Waals surface area contributed by atoms with Crippen LogP contribution in [0.5, 0.6) is 5.75 Å². The van der Waals surface area contributed by atoms with E-state index in [1.54, 1.807) is 52.0 Å². The zero-order valence-corrected chi connectivity index (χ0v) is 17.0. The van der Waals surface area contributed by atoms with Gasteiger partial charge in [-0.05, 0) is 63.9 Å². The third-order valence-electron chi connectivity index (χ3n) is 3.95. The first-order chi connectivity index (χ1) is 13.2. The number of anilines is 1. The Morgan fingerprint density at radius 2 is 1.75 bits per heavy atom. The highest BCUT2D eigenvalue weighted by Crippen LogP contribution is 2.25. The molecule has 2 aromatic rings. The monoisotopic (exact) mass is 388 g/mol. The van der Waals surface area contributed by atoms with Crippen molar-refractivity contribution >= 4 is 17.6 Å². The quantitative estimate of drug-likeness (QED) is 0.489. The lowest BCUT2D eigenvalue weighted by Gasteiger charge is -2.19. The molecule has 0 spiro atoms. The van der Waals surface area contributed by atoms with E-state index < -0.39 is 17.5 Å². The van der Waals surface area contributed by atoms with Crippen LogP contribution >= 0.6 is 0 Å². The third-order valence-corrected chi connectivity index (χ3v) is 3.95. The van der Waals surface area contributed by atoms with E-state index in [-0.39, 0.29) is 24.6 Å². The molecule has 28 heavy (non-hydrogen) atoms. The molecule has 0 bridgehead atoms. The van der Waals surface area contributed by atoms with Crippen LogP contribution in [0.25, 0.3) is 0 Å². The molecule has 152 valence electrons. The Bertz CT molecular complexity index is 832. The molecule has 0 aliphatic carbocycles. The molecule has 0 amide bonds. The van der Waals surface area contributed by atoms with Gasteiger partial charge in [-0.2, -0.15) is 0 Å². The minimum absolute atomic E-state index is 0.165. The van der Waals surface area contributed by atoms with Crippen molar-refractivity contribution in [3.8, 4) is 5.75 Å². The van der Waals surface area contributed by atoms with Crippen molar-refractivity contribution in [2.75, 3.05) is 11.9 Å². The molecule has 0 radical (unpaired) electrons. The zero-order chi connectivity index (χ0) is 20.9. The standard InChI is InChI=1S/C21H28N2O5/c1-6-15-17(19(25)27-7-2)16(12-22-13-8-10-14(24)11-9-13)23-18(15)20(26)28-21(3,4)5/h8-11,22-24H,6-7,12H2,1-5H3. The smallest absolute Gasteiger partial charge is 0.355 e. The number of benzene rings is 1. The van der Waals surface area contributed by atoms with Crippen molar-refractivity contribution in [1.82, 2.24) is 4.98 Å². The number of rotatable bonds is 7. The fourth-order valence-corrected chi connectivity index (χ4v) is 2.80. The highest BCUT2D eigenvalue weighted by molar-refractivity contribution is 5.99. The van der Waals surface area contributed by atoms with Gasteiger partial charge in [-0.3, -0.25) is 0 Å². The summed E-state index contributed by atoms with van der Waals surface area (Å²) in [4.78, 5) is 28.3. The molecule has 0 fully saturated rings. The first kappa shape index (κ1) is 21.3. The Labute approximate surface area is 165 Å². The summed E-state index contributed by atoms with van der Waals surface area (Å²) in [7, 11) is 0. The fourth-order valence-electron chi connectivity index (χ4n) is 2.80. The average Bonchev–Trinajstić information content (AvgIpc) is 2.99. The van der Waals surface area contributed by atoms with Gasteiger partial charge in [-0.15, -0.1) is 0 Å². The maximum atomic E-state index is 12.6. The minimum Gasteiger partial charge on any atom is -0.508 e. The number of nitrogens with one attached hydrogen (secondary N) is 2. The Hall–Kier alpha value is -2.96. The van der Waals surface area contributed by atoms with Crippen LogP contribution in [0.1, 0.15) is 66.7 Å². The molecule has 7 nitrogen and oxygen atoms in total. The second kappa shape index (κ2) is 8.82. The van der Waals surface area contributed by atoms with Gasteiger partial charge in [0.05, 0.1) is 18.7 Å². The molecular weight excluding hydrogens is 360 g/mol. The predicted octanol–water partition coefficient (Wildman–Crippen LogP) is 4.03.